The molecule has 0 aliphatic rings. The van der Waals surface area contributed by atoms with Crippen molar-refractivity contribution in [3.8, 4) is 11.3 Å². The molecule has 0 saturated carbocycles. The van der Waals surface area contributed by atoms with E-state index in [4.69, 9.17) is 16.0 Å². The third-order valence-electron chi connectivity index (χ3n) is 4.29. The summed E-state index contributed by atoms with van der Waals surface area (Å²) in [6.45, 7) is 1.84. The van der Waals surface area contributed by atoms with E-state index in [1.807, 2.05) is 19.1 Å². The molecule has 8 heteroatoms. The van der Waals surface area contributed by atoms with Gasteiger partial charge in [0, 0.05) is 21.8 Å². The molecule has 2 aromatic heterocycles. The van der Waals surface area contributed by atoms with E-state index in [1.54, 1.807) is 18.2 Å². The fourth-order valence-corrected chi connectivity index (χ4v) is 3.08. The summed E-state index contributed by atoms with van der Waals surface area (Å²) in [5, 5.41) is 4.14. The van der Waals surface area contributed by atoms with Crippen molar-refractivity contribution in [1.82, 2.24) is 9.97 Å². The van der Waals surface area contributed by atoms with Crippen LogP contribution in [0, 0.1) is 6.92 Å². The van der Waals surface area contributed by atoms with Crippen molar-refractivity contribution in [2.24, 2.45) is 0 Å². The molecule has 0 amide bonds. The monoisotopic (exact) mass is 403 g/mol. The Bertz CT molecular complexity index is 1150. The molecule has 0 aliphatic carbocycles. The van der Waals surface area contributed by atoms with Gasteiger partial charge in [0.05, 0.1) is 10.9 Å². The largest absolute Gasteiger partial charge is 0.437 e. The SMILES string of the molecule is Cc1c(-c2ccc(Cl)cc2)oc2ncnc(Nc3cccc(C(F)(F)F)c3)c12. The number of aromatic nitrogens is 2. The number of hydrogen-bond acceptors (Lipinski definition) is 4. The van der Waals surface area contributed by atoms with Gasteiger partial charge in [-0.25, -0.2) is 9.97 Å². The zero-order chi connectivity index (χ0) is 19.9. The maximum Gasteiger partial charge on any atom is 0.416 e. The van der Waals surface area contributed by atoms with E-state index in [1.165, 1.54) is 12.4 Å². The minimum absolute atomic E-state index is 0.267. The predicted octanol–water partition coefficient (Wildman–Crippen LogP) is 6.61. The van der Waals surface area contributed by atoms with E-state index in [9.17, 15) is 13.2 Å². The fraction of sp³-hybridized carbons (Fsp3) is 0.100. The van der Waals surface area contributed by atoms with Gasteiger partial charge in [0.25, 0.3) is 0 Å². The van der Waals surface area contributed by atoms with Crippen LogP contribution in [0.15, 0.2) is 59.3 Å². The van der Waals surface area contributed by atoms with E-state index in [0.29, 0.717) is 27.7 Å². The van der Waals surface area contributed by atoms with Crippen molar-refractivity contribution in [2.75, 3.05) is 5.32 Å². The number of rotatable bonds is 3. The smallest absolute Gasteiger partial charge is 0.416 e. The summed E-state index contributed by atoms with van der Waals surface area (Å²) >= 11 is 5.93. The van der Waals surface area contributed by atoms with Crippen LogP contribution < -0.4 is 5.32 Å². The quantitative estimate of drug-likeness (QED) is 0.418. The minimum Gasteiger partial charge on any atom is -0.437 e. The molecule has 0 unspecified atom stereocenters. The van der Waals surface area contributed by atoms with Crippen molar-refractivity contribution in [3.05, 3.63) is 71.0 Å². The van der Waals surface area contributed by atoms with Gasteiger partial charge in [-0.15, -0.1) is 0 Å². The molecular formula is C20H13ClF3N3O. The van der Waals surface area contributed by atoms with Gasteiger partial charge in [-0.1, -0.05) is 17.7 Å². The predicted molar refractivity (Wildman–Crippen MR) is 102 cm³/mol. The Balaban J connectivity index is 1.78. The van der Waals surface area contributed by atoms with Crippen LogP contribution in [0.4, 0.5) is 24.7 Å². The summed E-state index contributed by atoms with van der Waals surface area (Å²) < 4.78 is 44.8. The average molecular weight is 404 g/mol. The summed E-state index contributed by atoms with van der Waals surface area (Å²) in [7, 11) is 0. The molecule has 142 valence electrons. The number of benzene rings is 2. The highest BCUT2D eigenvalue weighted by atomic mass is 35.5. The van der Waals surface area contributed by atoms with E-state index in [2.05, 4.69) is 15.3 Å². The van der Waals surface area contributed by atoms with Crippen molar-refractivity contribution >= 4 is 34.2 Å². The molecule has 28 heavy (non-hydrogen) atoms. The molecule has 0 spiro atoms. The number of nitrogens with one attached hydrogen (secondary N) is 1. The molecule has 2 heterocycles. The summed E-state index contributed by atoms with van der Waals surface area (Å²) in [4.78, 5) is 8.33. The molecule has 4 nitrogen and oxygen atoms in total. The molecule has 4 aromatic rings. The summed E-state index contributed by atoms with van der Waals surface area (Å²) in [6.07, 6.45) is -3.13. The van der Waals surface area contributed by atoms with Crippen molar-refractivity contribution in [3.63, 3.8) is 0 Å². The van der Waals surface area contributed by atoms with Gasteiger partial charge in [0.15, 0.2) is 0 Å². The molecule has 1 N–H and O–H groups in total. The van der Waals surface area contributed by atoms with Gasteiger partial charge in [-0.2, -0.15) is 13.2 Å². The second-order valence-corrected chi connectivity index (χ2v) is 6.61. The maximum atomic E-state index is 13.0. The zero-order valence-corrected chi connectivity index (χ0v) is 15.3. The fourth-order valence-electron chi connectivity index (χ4n) is 2.95. The lowest BCUT2D eigenvalue weighted by atomic mass is 10.1. The van der Waals surface area contributed by atoms with E-state index >= 15 is 0 Å². The third kappa shape index (κ3) is 3.41. The molecule has 0 saturated heterocycles. The minimum atomic E-state index is -4.42. The van der Waals surface area contributed by atoms with E-state index < -0.39 is 11.7 Å². The topological polar surface area (TPSA) is 51.0 Å². The highest BCUT2D eigenvalue weighted by Crippen LogP contribution is 2.37. The summed E-state index contributed by atoms with van der Waals surface area (Å²) in [5.74, 6) is 0.963. The number of alkyl halides is 3. The Morgan fingerprint density at radius 1 is 1.04 bits per heavy atom. The normalized spacial score (nSPS) is 11.8. The first kappa shape index (κ1) is 18.3. The van der Waals surface area contributed by atoms with Crippen LogP contribution in [-0.4, -0.2) is 9.97 Å². The Kier molecular flexibility index (Phi) is 4.47. The first-order valence-corrected chi connectivity index (χ1v) is 8.65. The van der Waals surface area contributed by atoms with Crippen molar-refractivity contribution < 1.29 is 17.6 Å². The molecule has 0 atom stereocenters. The highest BCUT2D eigenvalue weighted by molar-refractivity contribution is 6.30. The molecule has 0 bridgehead atoms. The van der Waals surface area contributed by atoms with Crippen molar-refractivity contribution in [2.45, 2.75) is 13.1 Å². The number of hydrogen-bond donors (Lipinski definition) is 1. The summed E-state index contributed by atoms with van der Waals surface area (Å²) in [6, 6.07) is 12.1. The Hall–Kier alpha value is -3.06. The standard InChI is InChI=1S/C20H13ClF3N3O/c1-11-16-18(27-15-4-2-3-13(9-15)20(22,23)24)25-10-26-19(16)28-17(11)12-5-7-14(21)8-6-12/h2-10H,1H3,(H,25,26,27). The molecule has 4 rings (SSSR count). The maximum absolute atomic E-state index is 13.0. The van der Waals surface area contributed by atoms with Crippen LogP contribution in [0.3, 0.4) is 0 Å². The molecule has 0 aliphatic heterocycles. The molecular weight excluding hydrogens is 391 g/mol. The lowest BCUT2D eigenvalue weighted by molar-refractivity contribution is -0.137. The Morgan fingerprint density at radius 2 is 1.79 bits per heavy atom. The number of furan rings is 1. The van der Waals surface area contributed by atoms with Crippen molar-refractivity contribution in [1.29, 1.82) is 0 Å². The van der Waals surface area contributed by atoms with Crippen LogP contribution in [-0.2, 0) is 6.18 Å². The molecule has 0 fully saturated rings. The van der Waals surface area contributed by atoms with Crippen LogP contribution >= 0.6 is 11.6 Å². The van der Waals surface area contributed by atoms with E-state index in [0.717, 1.165) is 23.3 Å². The lowest BCUT2D eigenvalue weighted by Gasteiger charge is -2.10. The zero-order valence-electron chi connectivity index (χ0n) is 14.5. The number of nitrogens with zero attached hydrogens (tertiary/aromatic N) is 2. The van der Waals surface area contributed by atoms with E-state index in [-0.39, 0.29) is 5.69 Å². The Labute approximate surface area is 163 Å². The number of anilines is 2. The number of fused-ring (bicyclic) bond motifs is 1. The second-order valence-electron chi connectivity index (χ2n) is 6.17. The van der Waals surface area contributed by atoms with Gasteiger partial charge in [0.2, 0.25) is 5.71 Å². The van der Waals surface area contributed by atoms with Crippen LogP contribution in [0.2, 0.25) is 5.02 Å². The molecule has 2 aromatic carbocycles. The third-order valence-corrected chi connectivity index (χ3v) is 4.54. The van der Waals surface area contributed by atoms with Crippen LogP contribution in [0.25, 0.3) is 22.4 Å². The van der Waals surface area contributed by atoms with Gasteiger partial charge in [0.1, 0.15) is 17.9 Å². The first-order chi connectivity index (χ1) is 13.3. The van der Waals surface area contributed by atoms with Crippen LogP contribution in [0.1, 0.15) is 11.1 Å². The average Bonchev–Trinajstić information content (AvgIpc) is 3.00. The Morgan fingerprint density at radius 3 is 2.50 bits per heavy atom. The second kappa shape index (κ2) is 6.83. The van der Waals surface area contributed by atoms with Gasteiger partial charge in [-0.05, 0) is 49.4 Å². The van der Waals surface area contributed by atoms with Gasteiger partial charge >= 0.3 is 6.18 Å². The van der Waals surface area contributed by atoms with Gasteiger partial charge in [-0.3, -0.25) is 0 Å². The first-order valence-electron chi connectivity index (χ1n) is 8.27. The van der Waals surface area contributed by atoms with Crippen LogP contribution in [0.5, 0.6) is 0 Å². The highest BCUT2D eigenvalue weighted by Gasteiger charge is 2.30. The molecule has 0 radical (unpaired) electrons. The summed E-state index contributed by atoms with van der Waals surface area (Å²) in [5.41, 5.74) is 1.45. The lowest BCUT2D eigenvalue weighted by Crippen LogP contribution is -2.05. The van der Waals surface area contributed by atoms with Gasteiger partial charge < -0.3 is 9.73 Å². The number of halogens is 4. The number of aryl methyl sites for hydroxylation is 1.